The van der Waals surface area contributed by atoms with Crippen LogP contribution in [0.2, 0.25) is 0 Å². The van der Waals surface area contributed by atoms with Crippen molar-refractivity contribution in [3.8, 4) is 0 Å². The van der Waals surface area contributed by atoms with Crippen molar-refractivity contribution >= 4 is 17.3 Å². The van der Waals surface area contributed by atoms with Gasteiger partial charge < -0.3 is 15.8 Å². The summed E-state index contributed by atoms with van der Waals surface area (Å²) in [4.78, 5) is 11.7. The summed E-state index contributed by atoms with van der Waals surface area (Å²) >= 11 is 0. The van der Waals surface area contributed by atoms with Crippen molar-refractivity contribution in [1.29, 1.82) is 0 Å². The summed E-state index contributed by atoms with van der Waals surface area (Å²) < 4.78 is 18.7. The van der Waals surface area contributed by atoms with E-state index in [1.165, 1.54) is 6.07 Å². The van der Waals surface area contributed by atoms with Crippen LogP contribution in [0.4, 0.5) is 15.8 Å². The molecule has 1 saturated carbocycles. The Morgan fingerprint density at radius 3 is 2.79 bits per heavy atom. The van der Waals surface area contributed by atoms with Crippen molar-refractivity contribution < 1.29 is 13.9 Å². The van der Waals surface area contributed by atoms with E-state index in [-0.39, 0.29) is 23.3 Å². The molecule has 0 atom stereocenters. The molecule has 0 radical (unpaired) electrons. The largest absolute Gasteiger partial charge is 0.462 e. The number of benzene rings is 1. The molecule has 0 amide bonds. The molecule has 1 fully saturated rings. The van der Waals surface area contributed by atoms with Crippen LogP contribution in [-0.2, 0) is 4.74 Å². The number of carbonyl (C=O) groups is 1. The Hall–Kier alpha value is -1.78. The van der Waals surface area contributed by atoms with Crippen LogP contribution in [0.1, 0.15) is 37.0 Å². The van der Waals surface area contributed by atoms with Crippen LogP contribution >= 0.6 is 0 Å². The number of rotatable bonds is 5. The van der Waals surface area contributed by atoms with Crippen LogP contribution in [0.3, 0.4) is 0 Å². The first-order valence-corrected chi connectivity index (χ1v) is 6.45. The highest BCUT2D eigenvalue weighted by molar-refractivity contribution is 5.96. The third kappa shape index (κ3) is 3.16. The Labute approximate surface area is 112 Å². The second-order valence-electron chi connectivity index (χ2n) is 5.30. The van der Waals surface area contributed by atoms with Crippen LogP contribution in [0.25, 0.3) is 0 Å². The lowest BCUT2D eigenvalue weighted by Crippen LogP contribution is -2.15. The van der Waals surface area contributed by atoms with E-state index in [2.05, 4.69) is 12.2 Å². The number of nitrogens with one attached hydrogen (secondary N) is 1. The summed E-state index contributed by atoms with van der Waals surface area (Å²) in [5.41, 5.74) is 6.49. The fourth-order valence-corrected chi connectivity index (χ4v) is 1.81. The summed E-state index contributed by atoms with van der Waals surface area (Å²) in [5.74, 6) is -0.976. The molecule has 5 heteroatoms. The quantitative estimate of drug-likeness (QED) is 0.635. The monoisotopic (exact) mass is 266 g/mol. The summed E-state index contributed by atoms with van der Waals surface area (Å²) in [6.07, 6.45) is 2.28. The predicted molar refractivity (Wildman–Crippen MR) is 72.6 cm³/mol. The van der Waals surface area contributed by atoms with E-state index < -0.39 is 11.8 Å². The average Bonchev–Trinajstić information content (AvgIpc) is 3.07. The Morgan fingerprint density at radius 1 is 1.53 bits per heavy atom. The van der Waals surface area contributed by atoms with Gasteiger partial charge in [0.05, 0.1) is 17.9 Å². The molecule has 0 spiro atoms. The molecule has 3 N–H and O–H groups in total. The molecule has 1 aromatic rings. The first-order chi connectivity index (χ1) is 8.95. The minimum absolute atomic E-state index is 0.0964. The summed E-state index contributed by atoms with van der Waals surface area (Å²) in [6, 6.07) is 2.58. The van der Waals surface area contributed by atoms with E-state index in [1.54, 1.807) is 6.92 Å². The Bertz CT molecular complexity index is 498. The maximum atomic E-state index is 13.8. The van der Waals surface area contributed by atoms with Crippen LogP contribution in [0.5, 0.6) is 0 Å². The molecule has 1 aliphatic rings. The second kappa shape index (κ2) is 5.07. The van der Waals surface area contributed by atoms with Crippen molar-refractivity contribution in [3.63, 3.8) is 0 Å². The highest BCUT2D eigenvalue weighted by atomic mass is 19.1. The number of nitrogen functional groups attached to an aromatic ring is 1. The van der Waals surface area contributed by atoms with Crippen molar-refractivity contribution in [3.05, 3.63) is 23.5 Å². The number of hydrogen-bond acceptors (Lipinski definition) is 4. The van der Waals surface area contributed by atoms with Crippen LogP contribution in [-0.4, -0.2) is 19.1 Å². The number of carbonyl (C=O) groups excluding carboxylic acids is 1. The second-order valence-corrected chi connectivity index (χ2v) is 5.30. The molecular formula is C14H19FN2O2. The van der Waals surface area contributed by atoms with E-state index in [1.807, 2.05) is 0 Å². The summed E-state index contributed by atoms with van der Waals surface area (Å²) in [7, 11) is 0. The minimum atomic E-state index is -0.527. The molecular weight excluding hydrogens is 247 g/mol. The molecule has 0 unspecified atom stereocenters. The number of halogens is 1. The molecule has 0 aromatic heterocycles. The van der Waals surface area contributed by atoms with Crippen molar-refractivity contribution in [2.24, 2.45) is 5.41 Å². The first kappa shape index (κ1) is 13.6. The third-order valence-corrected chi connectivity index (χ3v) is 3.44. The normalized spacial score (nSPS) is 15.9. The Morgan fingerprint density at radius 2 is 2.21 bits per heavy atom. The van der Waals surface area contributed by atoms with Crippen LogP contribution in [0, 0.1) is 11.2 Å². The lowest BCUT2D eigenvalue weighted by Gasteiger charge is -2.14. The van der Waals surface area contributed by atoms with Crippen LogP contribution < -0.4 is 11.1 Å². The Kier molecular flexibility index (Phi) is 3.64. The molecule has 0 bridgehead atoms. The number of esters is 1. The van der Waals surface area contributed by atoms with E-state index in [0.29, 0.717) is 12.2 Å². The fraction of sp³-hybridized carbons (Fsp3) is 0.500. The van der Waals surface area contributed by atoms with Crippen molar-refractivity contribution in [2.75, 3.05) is 24.2 Å². The zero-order valence-electron chi connectivity index (χ0n) is 11.3. The van der Waals surface area contributed by atoms with Gasteiger partial charge in [0.1, 0.15) is 5.82 Å². The number of nitrogens with two attached hydrogens (primary N) is 1. The zero-order chi connectivity index (χ0) is 14.0. The molecule has 0 saturated heterocycles. The van der Waals surface area contributed by atoms with Gasteiger partial charge in [-0.25, -0.2) is 9.18 Å². The van der Waals surface area contributed by atoms with Gasteiger partial charge in [-0.2, -0.15) is 0 Å². The number of anilines is 2. The first-order valence-electron chi connectivity index (χ1n) is 6.45. The molecule has 2 rings (SSSR count). The lowest BCUT2D eigenvalue weighted by atomic mass is 10.1. The maximum absolute atomic E-state index is 13.8. The van der Waals surface area contributed by atoms with Crippen molar-refractivity contribution in [1.82, 2.24) is 0 Å². The van der Waals surface area contributed by atoms with Gasteiger partial charge in [-0.15, -0.1) is 0 Å². The SMILES string of the molecule is CCOC(=O)c1cc(NCC2(C)CC2)c(F)cc1N. The lowest BCUT2D eigenvalue weighted by molar-refractivity contribution is 0.0527. The van der Waals surface area contributed by atoms with Crippen LogP contribution in [0.15, 0.2) is 12.1 Å². The fourth-order valence-electron chi connectivity index (χ4n) is 1.81. The van der Waals surface area contributed by atoms with E-state index in [0.717, 1.165) is 18.9 Å². The summed E-state index contributed by atoms with van der Waals surface area (Å²) in [5, 5.41) is 3.04. The molecule has 0 aliphatic heterocycles. The smallest absolute Gasteiger partial charge is 0.340 e. The van der Waals surface area contributed by atoms with Gasteiger partial charge in [0.2, 0.25) is 0 Å². The minimum Gasteiger partial charge on any atom is -0.462 e. The number of hydrogen-bond donors (Lipinski definition) is 2. The topological polar surface area (TPSA) is 64.3 Å². The highest BCUT2D eigenvalue weighted by Crippen LogP contribution is 2.44. The van der Waals surface area contributed by atoms with Crippen molar-refractivity contribution in [2.45, 2.75) is 26.7 Å². The van der Waals surface area contributed by atoms with Gasteiger partial charge in [-0.05, 0) is 37.3 Å². The molecule has 4 nitrogen and oxygen atoms in total. The molecule has 19 heavy (non-hydrogen) atoms. The zero-order valence-corrected chi connectivity index (χ0v) is 11.3. The molecule has 1 aromatic carbocycles. The standard InChI is InChI=1S/C14H19FN2O2/c1-3-19-13(18)9-6-12(10(15)7-11(9)16)17-8-14(2)4-5-14/h6-7,17H,3-5,8,16H2,1-2H3. The van der Waals surface area contributed by atoms with E-state index in [9.17, 15) is 9.18 Å². The van der Waals surface area contributed by atoms with E-state index in [4.69, 9.17) is 10.5 Å². The van der Waals surface area contributed by atoms with Gasteiger partial charge in [0, 0.05) is 12.2 Å². The van der Waals surface area contributed by atoms with E-state index >= 15 is 0 Å². The molecule has 104 valence electrons. The van der Waals surface area contributed by atoms with Gasteiger partial charge in [-0.3, -0.25) is 0 Å². The average molecular weight is 266 g/mol. The van der Waals surface area contributed by atoms with Gasteiger partial charge in [-0.1, -0.05) is 6.92 Å². The van der Waals surface area contributed by atoms with Gasteiger partial charge >= 0.3 is 5.97 Å². The summed E-state index contributed by atoms with van der Waals surface area (Å²) in [6.45, 7) is 4.80. The third-order valence-electron chi connectivity index (χ3n) is 3.44. The van der Waals surface area contributed by atoms with Gasteiger partial charge in [0.15, 0.2) is 0 Å². The Balaban J connectivity index is 2.18. The number of ether oxygens (including phenoxy) is 1. The molecule has 1 aliphatic carbocycles. The highest BCUT2D eigenvalue weighted by Gasteiger charge is 2.37. The maximum Gasteiger partial charge on any atom is 0.340 e. The predicted octanol–water partition coefficient (Wildman–Crippen LogP) is 2.80. The molecule has 0 heterocycles. The van der Waals surface area contributed by atoms with Gasteiger partial charge in [0.25, 0.3) is 0 Å².